The summed E-state index contributed by atoms with van der Waals surface area (Å²) in [6.45, 7) is 9.08. The van der Waals surface area contributed by atoms with Gasteiger partial charge in [-0.05, 0) is 185 Å². The smallest absolute Gasteiger partial charge is 0.149 e. The molecule has 0 bridgehead atoms. The Morgan fingerprint density at radius 2 is 0.734 bits per heavy atom. The molecule has 79 heavy (non-hydrogen) atoms. The van der Waals surface area contributed by atoms with Crippen LogP contribution in [-0.2, 0) is 16.2 Å². The molecule has 0 spiro atoms. The SMILES string of the molecule is CC#CCOc1ccc2cc(C3(c4ccc(C(C)(C)c5ccc(C6(c7ccc8cc(OCC#CC)ccc8c7)c7cc8ccccc8cc7-c7ncccc76)cc5)cc4)c4cc5ccccc5cc4-c4ncccc43)ccc2c1. The van der Waals surface area contributed by atoms with Crippen LogP contribution >= 0.6 is 0 Å². The lowest BCUT2D eigenvalue weighted by Gasteiger charge is -2.35. The first-order valence-electron chi connectivity index (χ1n) is 27.1. The number of rotatable bonds is 10. The highest BCUT2D eigenvalue weighted by molar-refractivity contribution is 5.98. The van der Waals surface area contributed by atoms with Crippen molar-refractivity contribution in [3.8, 4) is 57.7 Å². The fourth-order valence-corrected chi connectivity index (χ4v) is 13.1. The monoisotopic (exact) mass is 1010 g/mol. The second-order valence-corrected chi connectivity index (χ2v) is 21.4. The third-order valence-corrected chi connectivity index (χ3v) is 17.1. The van der Waals surface area contributed by atoms with E-state index >= 15 is 0 Å². The summed E-state index contributed by atoms with van der Waals surface area (Å²) < 4.78 is 12.0. The maximum Gasteiger partial charge on any atom is 0.149 e. The molecule has 2 unspecified atom stereocenters. The molecule has 10 aromatic carbocycles. The van der Waals surface area contributed by atoms with Gasteiger partial charge in [0, 0.05) is 28.9 Å². The van der Waals surface area contributed by atoms with Crippen LogP contribution in [0.1, 0.15) is 83.3 Å². The van der Waals surface area contributed by atoms with Gasteiger partial charge in [-0.15, -0.1) is 11.8 Å². The first kappa shape index (κ1) is 47.7. The molecule has 0 saturated carbocycles. The standard InChI is InChI=1S/C75H54N2O2/c1-5-7-39-78-63-35-23-53-41-61(25-21-55(53)43-63)74(67-19-13-37-76-71(67)65-45-49-15-9-11-17-51(49)47-69(65)74)59-31-27-57(28-32-59)73(3,4)58-29-33-60(34-30-58)75(62-26-22-56-44-64(79-40-8-6-2)36-24-54(56)42-62)68-20-14-38-77-72(68)66-46-50-16-10-12-18-52(50)48-70(66)75/h9-38,41-48H,39-40H2,1-4H3. The Kier molecular flexibility index (Phi) is 11.3. The van der Waals surface area contributed by atoms with E-state index in [0.717, 1.165) is 55.6 Å². The van der Waals surface area contributed by atoms with Crippen LogP contribution in [0.2, 0.25) is 0 Å². The molecular weight excluding hydrogens is 961 g/mol. The van der Waals surface area contributed by atoms with Crippen molar-refractivity contribution >= 4 is 43.1 Å². The van der Waals surface area contributed by atoms with Gasteiger partial charge in [0.15, 0.2) is 0 Å². The Hall–Kier alpha value is -9.74. The molecule has 0 amide bonds. The van der Waals surface area contributed by atoms with Crippen LogP contribution < -0.4 is 9.47 Å². The van der Waals surface area contributed by atoms with Gasteiger partial charge in [0.05, 0.1) is 22.2 Å². The van der Waals surface area contributed by atoms with Gasteiger partial charge in [-0.1, -0.05) is 171 Å². The first-order chi connectivity index (χ1) is 38.8. The molecule has 0 aliphatic heterocycles. The van der Waals surface area contributed by atoms with E-state index < -0.39 is 10.8 Å². The van der Waals surface area contributed by atoms with Crippen molar-refractivity contribution in [3.63, 3.8) is 0 Å². The van der Waals surface area contributed by atoms with Gasteiger partial charge >= 0.3 is 0 Å². The summed E-state index contributed by atoms with van der Waals surface area (Å²) in [6, 6.07) is 81.0. The van der Waals surface area contributed by atoms with Crippen molar-refractivity contribution in [1.29, 1.82) is 0 Å². The fraction of sp³-hybridized carbons (Fsp3) is 0.120. The van der Waals surface area contributed by atoms with Crippen molar-refractivity contribution in [2.24, 2.45) is 0 Å². The number of nitrogens with zero attached hydrogens (tertiary/aromatic N) is 2. The highest BCUT2D eigenvalue weighted by Gasteiger charge is 2.49. The Balaban J connectivity index is 0.893. The van der Waals surface area contributed by atoms with Gasteiger partial charge < -0.3 is 9.47 Å². The second kappa shape index (κ2) is 18.8. The average molecular weight is 1020 g/mol. The highest BCUT2D eigenvalue weighted by Crippen LogP contribution is 2.59. The Morgan fingerprint density at radius 1 is 0.367 bits per heavy atom. The van der Waals surface area contributed by atoms with Crippen LogP contribution in [0.15, 0.2) is 231 Å². The zero-order chi connectivity index (χ0) is 53.3. The Labute approximate surface area is 461 Å². The molecule has 0 radical (unpaired) electrons. The summed E-state index contributed by atoms with van der Waals surface area (Å²) in [7, 11) is 0. The molecule has 2 atom stereocenters. The van der Waals surface area contributed by atoms with Crippen LogP contribution in [0.25, 0.3) is 65.6 Å². The third-order valence-electron chi connectivity index (χ3n) is 17.1. The number of hydrogen-bond donors (Lipinski definition) is 0. The molecule has 376 valence electrons. The Bertz CT molecular complexity index is 4280. The molecule has 2 aliphatic carbocycles. The average Bonchev–Trinajstić information content (AvgIpc) is 4.17. The summed E-state index contributed by atoms with van der Waals surface area (Å²) in [5, 5.41) is 9.30. The van der Waals surface area contributed by atoms with Crippen LogP contribution in [0, 0.1) is 23.7 Å². The summed E-state index contributed by atoms with van der Waals surface area (Å²) >= 11 is 0. The van der Waals surface area contributed by atoms with E-state index in [1.165, 1.54) is 77.2 Å². The number of fused-ring (bicyclic) bond motifs is 10. The van der Waals surface area contributed by atoms with E-state index in [-0.39, 0.29) is 5.41 Å². The zero-order valence-corrected chi connectivity index (χ0v) is 44.6. The number of benzene rings is 10. The maximum absolute atomic E-state index is 6.00. The minimum Gasteiger partial charge on any atom is -0.481 e. The lowest BCUT2D eigenvalue weighted by Crippen LogP contribution is -2.29. The predicted molar refractivity (Wildman–Crippen MR) is 323 cm³/mol. The molecule has 4 heteroatoms. The molecule has 4 nitrogen and oxygen atoms in total. The molecule has 14 rings (SSSR count). The molecule has 0 fully saturated rings. The normalized spacial score (nSPS) is 15.8. The van der Waals surface area contributed by atoms with Crippen LogP contribution in [0.3, 0.4) is 0 Å². The van der Waals surface area contributed by atoms with Gasteiger partial charge in [0.1, 0.15) is 24.7 Å². The summed E-state index contributed by atoms with van der Waals surface area (Å²) in [5.41, 5.74) is 14.7. The predicted octanol–water partition coefficient (Wildman–Crippen LogP) is 16.9. The van der Waals surface area contributed by atoms with Crippen LogP contribution in [0.4, 0.5) is 0 Å². The van der Waals surface area contributed by atoms with Crippen molar-refractivity contribution in [3.05, 3.63) is 286 Å². The fourth-order valence-electron chi connectivity index (χ4n) is 13.1. The lowest BCUT2D eigenvalue weighted by atomic mass is 9.66. The number of pyridine rings is 2. The van der Waals surface area contributed by atoms with E-state index in [4.69, 9.17) is 19.4 Å². The topological polar surface area (TPSA) is 44.2 Å². The van der Waals surface area contributed by atoms with Crippen molar-refractivity contribution < 1.29 is 9.47 Å². The van der Waals surface area contributed by atoms with E-state index in [9.17, 15) is 0 Å². The zero-order valence-electron chi connectivity index (χ0n) is 44.6. The minimum absolute atomic E-state index is 0.358. The molecular formula is C75H54N2O2. The molecule has 0 saturated heterocycles. The largest absolute Gasteiger partial charge is 0.481 e. The van der Waals surface area contributed by atoms with E-state index in [1.54, 1.807) is 0 Å². The molecule has 0 N–H and O–H groups in total. The van der Waals surface area contributed by atoms with E-state index in [0.29, 0.717) is 13.2 Å². The van der Waals surface area contributed by atoms with Gasteiger partial charge in [-0.2, -0.15) is 0 Å². The number of hydrogen-bond acceptors (Lipinski definition) is 4. The molecule has 2 aromatic heterocycles. The highest BCUT2D eigenvalue weighted by atomic mass is 16.5. The quantitative estimate of drug-likeness (QED) is 0.128. The third kappa shape index (κ3) is 7.47. The molecule has 2 heterocycles. The number of aromatic nitrogens is 2. The maximum atomic E-state index is 6.00. The first-order valence-corrected chi connectivity index (χ1v) is 27.1. The number of ether oxygens (including phenoxy) is 2. The van der Waals surface area contributed by atoms with Gasteiger partial charge in [0.2, 0.25) is 0 Å². The summed E-state index contributed by atoms with van der Waals surface area (Å²) in [6.07, 6.45) is 3.86. The van der Waals surface area contributed by atoms with E-state index in [1.807, 2.05) is 26.2 Å². The van der Waals surface area contributed by atoms with Crippen LogP contribution in [-0.4, -0.2) is 23.2 Å². The minimum atomic E-state index is -0.654. The van der Waals surface area contributed by atoms with Crippen molar-refractivity contribution in [2.45, 2.75) is 43.9 Å². The van der Waals surface area contributed by atoms with Gasteiger partial charge in [-0.25, -0.2) is 0 Å². The summed E-state index contributed by atoms with van der Waals surface area (Å²) in [4.78, 5) is 10.3. The van der Waals surface area contributed by atoms with Crippen molar-refractivity contribution in [1.82, 2.24) is 9.97 Å². The van der Waals surface area contributed by atoms with Crippen molar-refractivity contribution in [2.75, 3.05) is 13.2 Å². The lowest BCUT2D eigenvalue weighted by molar-refractivity contribution is 0.370. The summed E-state index contributed by atoms with van der Waals surface area (Å²) in [5.74, 6) is 13.5. The van der Waals surface area contributed by atoms with E-state index in [2.05, 4.69) is 256 Å². The molecule has 12 aromatic rings. The Morgan fingerprint density at radius 3 is 1.15 bits per heavy atom. The van der Waals surface area contributed by atoms with Gasteiger partial charge in [0.25, 0.3) is 0 Å². The van der Waals surface area contributed by atoms with Crippen LogP contribution in [0.5, 0.6) is 11.5 Å². The molecule has 2 aliphatic rings. The van der Waals surface area contributed by atoms with Gasteiger partial charge in [-0.3, -0.25) is 9.97 Å². The second-order valence-electron chi connectivity index (χ2n) is 21.4.